The maximum Gasteiger partial charge on any atom is 0.311 e. The van der Waals surface area contributed by atoms with Crippen LogP contribution < -0.4 is 4.74 Å². The van der Waals surface area contributed by atoms with E-state index in [2.05, 4.69) is 44.7 Å². The van der Waals surface area contributed by atoms with Gasteiger partial charge in [0.2, 0.25) is 0 Å². The summed E-state index contributed by atoms with van der Waals surface area (Å²) < 4.78 is 11.3. The molecule has 192 valence electrons. The van der Waals surface area contributed by atoms with Crippen molar-refractivity contribution in [2.75, 3.05) is 6.54 Å². The summed E-state index contributed by atoms with van der Waals surface area (Å²) in [4.78, 5) is 26.9. The molecule has 0 aromatic heterocycles. The number of rotatable bonds is 14. The van der Waals surface area contributed by atoms with Gasteiger partial charge in [-0.25, -0.2) is 0 Å². The lowest BCUT2D eigenvalue weighted by molar-refractivity contribution is -0.145. The molecule has 0 amide bonds. The van der Waals surface area contributed by atoms with Crippen molar-refractivity contribution in [3.63, 3.8) is 0 Å². The molecule has 0 bridgehead atoms. The molecule has 2 aromatic rings. The van der Waals surface area contributed by atoms with E-state index in [0.29, 0.717) is 30.7 Å². The number of carbonyl (C=O) groups excluding carboxylic acids is 2. The van der Waals surface area contributed by atoms with E-state index < -0.39 is 0 Å². The fourth-order valence-corrected chi connectivity index (χ4v) is 4.45. The fraction of sp³-hybridized carbons (Fsp3) is 0.533. The van der Waals surface area contributed by atoms with E-state index >= 15 is 0 Å². The van der Waals surface area contributed by atoms with Gasteiger partial charge in [-0.15, -0.1) is 0 Å². The van der Waals surface area contributed by atoms with Crippen LogP contribution in [0, 0.1) is 0 Å². The fourth-order valence-electron chi connectivity index (χ4n) is 4.45. The van der Waals surface area contributed by atoms with Crippen molar-refractivity contribution in [1.29, 1.82) is 0 Å². The van der Waals surface area contributed by atoms with Crippen molar-refractivity contribution in [2.24, 2.45) is 0 Å². The topological polar surface area (TPSA) is 55.8 Å². The SMILES string of the molecule is CCCC(=O)OCc1ccc(OC(=O)CCC)c([C@H](CCN(C(C)C)C(C)C)c2ccccc2)c1. The normalized spacial score (nSPS) is 12.3. The summed E-state index contributed by atoms with van der Waals surface area (Å²) in [6.45, 7) is 13.9. The maximum atomic E-state index is 12.4. The Bertz CT molecular complexity index is 915. The molecule has 1 atom stereocenters. The highest BCUT2D eigenvalue weighted by Crippen LogP contribution is 2.36. The Morgan fingerprint density at radius 1 is 0.857 bits per heavy atom. The van der Waals surface area contributed by atoms with Gasteiger partial charge < -0.3 is 9.47 Å². The molecular formula is C30H43NO4. The third kappa shape index (κ3) is 9.14. The van der Waals surface area contributed by atoms with Crippen LogP contribution in [-0.4, -0.2) is 35.5 Å². The van der Waals surface area contributed by atoms with Crippen LogP contribution in [0.15, 0.2) is 48.5 Å². The smallest absolute Gasteiger partial charge is 0.311 e. The number of esters is 2. The summed E-state index contributed by atoms with van der Waals surface area (Å²) in [7, 11) is 0. The molecule has 0 fully saturated rings. The van der Waals surface area contributed by atoms with E-state index in [-0.39, 0.29) is 24.5 Å². The Morgan fingerprint density at radius 3 is 2.09 bits per heavy atom. The van der Waals surface area contributed by atoms with Crippen LogP contribution in [0.3, 0.4) is 0 Å². The quantitative estimate of drug-likeness (QED) is 0.217. The minimum absolute atomic E-state index is 0.0342. The highest BCUT2D eigenvalue weighted by Gasteiger charge is 2.23. The van der Waals surface area contributed by atoms with Gasteiger partial charge in [-0.05, 0) is 76.8 Å². The van der Waals surface area contributed by atoms with Gasteiger partial charge in [0.15, 0.2) is 0 Å². The molecule has 0 N–H and O–H groups in total. The molecule has 2 aromatic carbocycles. The van der Waals surface area contributed by atoms with Gasteiger partial charge in [-0.1, -0.05) is 50.2 Å². The van der Waals surface area contributed by atoms with Crippen molar-refractivity contribution >= 4 is 11.9 Å². The van der Waals surface area contributed by atoms with Crippen LogP contribution in [0.4, 0.5) is 0 Å². The molecule has 0 heterocycles. The molecule has 0 saturated heterocycles. The number of nitrogens with zero attached hydrogens (tertiary/aromatic N) is 1. The second kappa shape index (κ2) is 14.7. The summed E-state index contributed by atoms with van der Waals surface area (Å²) in [5.41, 5.74) is 3.02. The summed E-state index contributed by atoms with van der Waals surface area (Å²) in [5, 5.41) is 0. The van der Waals surface area contributed by atoms with Crippen molar-refractivity contribution in [1.82, 2.24) is 4.90 Å². The Kier molecular flexibility index (Phi) is 12.0. The van der Waals surface area contributed by atoms with E-state index in [9.17, 15) is 9.59 Å². The van der Waals surface area contributed by atoms with Crippen LogP contribution in [0.5, 0.6) is 5.75 Å². The van der Waals surface area contributed by atoms with E-state index in [1.165, 1.54) is 5.56 Å². The minimum atomic E-state index is -0.228. The predicted molar refractivity (Wildman–Crippen MR) is 142 cm³/mol. The summed E-state index contributed by atoms with van der Waals surface area (Å²) in [6, 6.07) is 17.0. The Morgan fingerprint density at radius 2 is 1.49 bits per heavy atom. The van der Waals surface area contributed by atoms with E-state index in [4.69, 9.17) is 9.47 Å². The monoisotopic (exact) mass is 481 g/mol. The first-order valence-corrected chi connectivity index (χ1v) is 13.1. The van der Waals surface area contributed by atoms with Gasteiger partial charge >= 0.3 is 11.9 Å². The van der Waals surface area contributed by atoms with Crippen molar-refractivity contribution in [2.45, 2.75) is 98.3 Å². The molecule has 0 unspecified atom stereocenters. The third-order valence-electron chi connectivity index (χ3n) is 6.19. The first-order valence-electron chi connectivity index (χ1n) is 13.1. The molecule has 2 rings (SSSR count). The molecule has 0 spiro atoms. The molecular weight excluding hydrogens is 438 g/mol. The zero-order valence-corrected chi connectivity index (χ0v) is 22.4. The van der Waals surface area contributed by atoms with Crippen molar-refractivity contribution < 1.29 is 19.1 Å². The Labute approximate surface area is 211 Å². The first-order chi connectivity index (χ1) is 16.8. The molecule has 0 saturated carbocycles. The van der Waals surface area contributed by atoms with Crippen molar-refractivity contribution in [3.05, 3.63) is 65.2 Å². The molecule has 5 nitrogen and oxygen atoms in total. The zero-order valence-electron chi connectivity index (χ0n) is 22.4. The molecule has 35 heavy (non-hydrogen) atoms. The maximum absolute atomic E-state index is 12.4. The minimum Gasteiger partial charge on any atom is -0.461 e. The van der Waals surface area contributed by atoms with Gasteiger partial charge in [0, 0.05) is 36.4 Å². The molecule has 0 aliphatic heterocycles. The number of ether oxygens (including phenoxy) is 2. The van der Waals surface area contributed by atoms with E-state index in [0.717, 1.165) is 36.9 Å². The summed E-state index contributed by atoms with van der Waals surface area (Å²) in [5.74, 6) is 0.193. The Hall–Kier alpha value is -2.66. The van der Waals surface area contributed by atoms with Crippen LogP contribution in [0.2, 0.25) is 0 Å². The van der Waals surface area contributed by atoms with E-state index in [1.54, 1.807) is 0 Å². The largest absolute Gasteiger partial charge is 0.461 e. The van der Waals surface area contributed by atoms with Crippen LogP contribution >= 0.6 is 0 Å². The molecule has 5 heteroatoms. The highest BCUT2D eigenvalue weighted by atomic mass is 16.5. The van der Waals surface area contributed by atoms with Crippen molar-refractivity contribution in [3.8, 4) is 5.75 Å². The van der Waals surface area contributed by atoms with Gasteiger partial charge in [-0.2, -0.15) is 0 Å². The molecule has 0 aliphatic rings. The molecule has 0 radical (unpaired) electrons. The Balaban J connectivity index is 2.46. The van der Waals surface area contributed by atoms with Crippen LogP contribution in [0.1, 0.15) is 96.3 Å². The lowest BCUT2D eigenvalue weighted by atomic mass is 9.86. The van der Waals surface area contributed by atoms with Crippen LogP contribution in [0.25, 0.3) is 0 Å². The number of hydrogen-bond donors (Lipinski definition) is 0. The second-order valence-corrected chi connectivity index (χ2v) is 9.68. The second-order valence-electron chi connectivity index (χ2n) is 9.68. The third-order valence-corrected chi connectivity index (χ3v) is 6.19. The number of hydrogen-bond acceptors (Lipinski definition) is 5. The zero-order chi connectivity index (χ0) is 25.8. The standard InChI is InChI=1S/C30H43NO4/c1-7-12-29(32)34-21-24-16-17-28(35-30(33)13-8-2)27(20-24)26(25-14-10-9-11-15-25)18-19-31(22(3)4)23(5)6/h9-11,14-17,20,22-23,26H,7-8,12-13,18-19,21H2,1-6H3/t26-/m1/s1. The highest BCUT2D eigenvalue weighted by molar-refractivity contribution is 5.73. The van der Waals surface area contributed by atoms with Crippen LogP contribution in [-0.2, 0) is 20.9 Å². The number of carbonyl (C=O) groups is 2. The van der Waals surface area contributed by atoms with Gasteiger partial charge in [-0.3, -0.25) is 14.5 Å². The lowest BCUT2D eigenvalue weighted by Gasteiger charge is -2.32. The van der Waals surface area contributed by atoms with Gasteiger partial charge in [0.25, 0.3) is 0 Å². The predicted octanol–water partition coefficient (Wildman–Crippen LogP) is 6.88. The van der Waals surface area contributed by atoms with Gasteiger partial charge in [0.05, 0.1) is 0 Å². The summed E-state index contributed by atoms with van der Waals surface area (Å²) in [6.07, 6.45) is 3.15. The van der Waals surface area contributed by atoms with E-state index in [1.807, 2.05) is 50.2 Å². The first kappa shape index (κ1) is 28.6. The average molecular weight is 482 g/mol. The van der Waals surface area contributed by atoms with Gasteiger partial charge in [0.1, 0.15) is 12.4 Å². The average Bonchev–Trinajstić information content (AvgIpc) is 2.82. The lowest BCUT2D eigenvalue weighted by Crippen LogP contribution is -2.38. The molecule has 0 aliphatic carbocycles. The summed E-state index contributed by atoms with van der Waals surface area (Å²) >= 11 is 0. The number of benzene rings is 2.